The molecule has 1 saturated heterocycles. The Hall–Kier alpha value is -0.730. The van der Waals surface area contributed by atoms with E-state index in [1.807, 2.05) is 24.3 Å². The number of rotatable bonds is 3. The lowest BCUT2D eigenvalue weighted by atomic mass is 10.0. The van der Waals surface area contributed by atoms with Gasteiger partial charge in [-0.1, -0.05) is 11.6 Å². The highest BCUT2D eigenvalue weighted by atomic mass is 35.5. The molecule has 0 aromatic heterocycles. The van der Waals surface area contributed by atoms with Gasteiger partial charge >= 0.3 is 0 Å². The van der Waals surface area contributed by atoms with E-state index in [4.69, 9.17) is 16.3 Å². The molecule has 1 N–H and O–H groups in total. The van der Waals surface area contributed by atoms with Crippen LogP contribution in [0.2, 0.25) is 5.02 Å². The van der Waals surface area contributed by atoms with Crippen LogP contribution in [0.1, 0.15) is 12.8 Å². The van der Waals surface area contributed by atoms with Crippen LogP contribution in [0.4, 0.5) is 0 Å². The second kappa shape index (κ2) is 5.38. The molecule has 3 heteroatoms. The van der Waals surface area contributed by atoms with Gasteiger partial charge in [-0.3, -0.25) is 0 Å². The Morgan fingerprint density at radius 1 is 1.33 bits per heavy atom. The van der Waals surface area contributed by atoms with Gasteiger partial charge in [0.05, 0.1) is 6.61 Å². The molecule has 1 atom stereocenters. The predicted molar refractivity (Wildman–Crippen MR) is 62.5 cm³/mol. The molecule has 1 aliphatic rings. The zero-order valence-electron chi connectivity index (χ0n) is 8.71. The highest BCUT2D eigenvalue weighted by molar-refractivity contribution is 6.30. The summed E-state index contributed by atoms with van der Waals surface area (Å²) in [4.78, 5) is 0. The first-order valence-corrected chi connectivity index (χ1v) is 5.81. The largest absolute Gasteiger partial charge is 0.493 e. The van der Waals surface area contributed by atoms with Gasteiger partial charge in [0.15, 0.2) is 0 Å². The monoisotopic (exact) mass is 225 g/mol. The molecule has 1 aliphatic heterocycles. The first kappa shape index (κ1) is 10.8. The van der Waals surface area contributed by atoms with E-state index in [2.05, 4.69) is 5.32 Å². The standard InChI is InChI=1S/C12H16ClNO/c13-11-3-5-12(6-4-11)15-9-10-2-1-7-14-8-10/h3-6,10,14H,1-2,7-9H2. The molecule has 0 aliphatic carbocycles. The van der Waals surface area contributed by atoms with Crippen LogP contribution in [-0.4, -0.2) is 19.7 Å². The zero-order valence-corrected chi connectivity index (χ0v) is 9.46. The van der Waals surface area contributed by atoms with Crippen LogP contribution < -0.4 is 10.1 Å². The highest BCUT2D eigenvalue weighted by Gasteiger charge is 2.13. The topological polar surface area (TPSA) is 21.3 Å². The quantitative estimate of drug-likeness (QED) is 0.854. The fourth-order valence-electron chi connectivity index (χ4n) is 1.81. The lowest BCUT2D eigenvalue weighted by Crippen LogP contribution is -2.33. The number of benzene rings is 1. The molecule has 2 nitrogen and oxygen atoms in total. The fraction of sp³-hybridized carbons (Fsp3) is 0.500. The summed E-state index contributed by atoms with van der Waals surface area (Å²) in [5.41, 5.74) is 0. The maximum Gasteiger partial charge on any atom is 0.119 e. The van der Waals surface area contributed by atoms with Crippen molar-refractivity contribution in [2.75, 3.05) is 19.7 Å². The maximum absolute atomic E-state index is 5.79. The third-order valence-corrected chi connectivity index (χ3v) is 2.95. The fourth-order valence-corrected chi connectivity index (χ4v) is 1.94. The SMILES string of the molecule is Clc1ccc(OCC2CCCNC2)cc1. The average molecular weight is 226 g/mol. The van der Waals surface area contributed by atoms with Crippen molar-refractivity contribution >= 4 is 11.6 Å². The van der Waals surface area contributed by atoms with E-state index in [0.29, 0.717) is 5.92 Å². The molecule has 1 heterocycles. The minimum atomic E-state index is 0.648. The molecule has 15 heavy (non-hydrogen) atoms. The zero-order chi connectivity index (χ0) is 10.5. The molecule has 0 amide bonds. The minimum absolute atomic E-state index is 0.648. The third-order valence-electron chi connectivity index (χ3n) is 2.70. The predicted octanol–water partition coefficient (Wildman–Crippen LogP) is 2.72. The van der Waals surface area contributed by atoms with Gasteiger partial charge in [-0.15, -0.1) is 0 Å². The van der Waals surface area contributed by atoms with Crippen molar-refractivity contribution in [3.8, 4) is 5.75 Å². The number of ether oxygens (including phenoxy) is 1. The van der Waals surface area contributed by atoms with E-state index < -0.39 is 0 Å². The minimum Gasteiger partial charge on any atom is -0.493 e. The van der Waals surface area contributed by atoms with Gasteiger partial charge < -0.3 is 10.1 Å². The number of piperidine rings is 1. The molecule has 0 radical (unpaired) electrons. The second-order valence-electron chi connectivity index (χ2n) is 3.98. The Bertz CT molecular complexity index is 293. The van der Waals surface area contributed by atoms with Crippen LogP contribution >= 0.6 is 11.6 Å². The van der Waals surface area contributed by atoms with E-state index in [0.717, 1.165) is 30.5 Å². The summed E-state index contributed by atoms with van der Waals surface area (Å²) in [6.45, 7) is 3.03. The Morgan fingerprint density at radius 3 is 2.80 bits per heavy atom. The normalized spacial score (nSPS) is 21.3. The van der Waals surface area contributed by atoms with Crippen LogP contribution in [0, 0.1) is 5.92 Å². The van der Waals surface area contributed by atoms with E-state index in [1.54, 1.807) is 0 Å². The highest BCUT2D eigenvalue weighted by Crippen LogP contribution is 2.17. The molecule has 0 bridgehead atoms. The number of hydrogen-bond acceptors (Lipinski definition) is 2. The summed E-state index contributed by atoms with van der Waals surface area (Å²) >= 11 is 5.79. The Kier molecular flexibility index (Phi) is 3.87. The van der Waals surface area contributed by atoms with E-state index in [-0.39, 0.29) is 0 Å². The first-order chi connectivity index (χ1) is 7.34. The summed E-state index contributed by atoms with van der Waals surface area (Å²) in [5.74, 6) is 1.56. The third kappa shape index (κ3) is 3.40. The lowest BCUT2D eigenvalue weighted by Gasteiger charge is -2.22. The smallest absolute Gasteiger partial charge is 0.119 e. The molecule has 1 unspecified atom stereocenters. The maximum atomic E-state index is 5.79. The van der Waals surface area contributed by atoms with E-state index in [9.17, 15) is 0 Å². The van der Waals surface area contributed by atoms with Crippen molar-refractivity contribution in [1.82, 2.24) is 5.32 Å². The van der Waals surface area contributed by atoms with Gasteiger partial charge in [-0.05, 0) is 43.7 Å². The molecular formula is C12H16ClNO. The number of hydrogen-bond donors (Lipinski definition) is 1. The van der Waals surface area contributed by atoms with Crippen LogP contribution in [0.3, 0.4) is 0 Å². The summed E-state index contributed by atoms with van der Waals surface area (Å²) < 4.78 is 5.70. The van der Waals surface area contributed by atoms with Crippen molar-refractivity contribution in [2.24, 2.45) is 5.92 Å². The molecule has 82 valence electrons. The van der Waals surface area contributed by atoms with Crippen LogP contribution in [0.15, 0.2) is 24.3 Å². The molecule has 2 rings (SSSR count). The van der Waals surface area contributed by atoms with Crippen molar-refractivity contribution < 1.29 is 4.74 Å². The summed E-state index contributed by atoms with van der Waals surface area (Å²) in [6.07, 6.45) is 2.52. The Labute approximate surface area is 95.6 Å². The lowest BCUT2D eigenvalue weighted by molar-refractivity contribution is 0.218. The Balaban J connectivity index is 1.79. The summed E-state index contributed by atoms with van der Waals surface area (Å²) in [5, 5.41) is 4.13. The number of halogens is 1. The van der Waals surface area contributed by atoms with Crippen molar-refractivity contribution in [2.45, 2.75) is 12.8 Å². The summed E-state index contributed by atoms with van der Waals surface area (Å²) in [6, 6.07) is 7.54. The van der Waals surface area contributed by atoms with Gasteiger partial charge in [0, 0.05) is 17.5 Å². The molecule has 1 fully saturated rings. The van der Waals surface area contributed by atoms with E-state index in [1.165, 1.54) is 12.8 Å². The van der Waals surface area contributed by atoms with Crippen molar-refractivity contribution in [3.05, 3.63) is 29.3 Å². The number of nitrogens with one attached hydrogen (secondary N) is 1. The van der Waals surface area contributed by atoms with Crippen LogP contribution in [-0.2, 0) is 0 Å². The molecule has 0 saturated carbocycles. The summed E-state index contributed by atoms with van der Waals surface area (Å²) in [7, 11) is 0. The molecular weight excluding hydrogens is 210 g/mol. The first-order valence-electron chi connectivity index (χ1n) is 5.44. The molecule has 0 spiro atoms. The molecule has 1 aromatic rings. The van der Waals surface area contributed by atoms with Crippen LogP contribution in [0.5, 0.6) is 5.75 Å². The van der Waals surface area contributed by atoms with Gasteiger partial charge in [-0.25, -0.2) is 0 Å². The van der Waals surface area contributed by atoms with Crippen molar-refractivity contribution in [3.63, 3.8) is 0 Å². The van der Waals surface area contributed by atoms with Gasteiger partial charge in [0.25, 0.3) is 0 Å². The molecule has 1 aromatic carbocycles. The second-order valence-corrected chi connectivity index (χ2v) is 4.41. The van der Waals surface area contributed by atoms with Gasteiger partial charge in [-0.2, -0.15) is 0 Å². The van der Waals surface area contributed by atoms with Crippen LogP contribution in [0.25, 0.3) is 0 Å². The van der Waals surface area contributed by atoms with Gasteiger partial charge in [0.1, 0.15) is 5.75 Å². The van der Waals surface area contributed by atoms with Gasteiger partial charge in [0.2, 0.25) is 0 Å². The Morgan fingerprint density at radius 2 is 2.13 bits per heavy atom. The van der Waals surface area contributed by atoms with Crippen molar-refractivity contribution in [1.29, 1.82) is 0 Å². The average Bonchev–Trinajstić information content (AvgIpc) is 2.30. The van der Waals surface area contributed by atoms with E-state index >= 15 is 0 Å².